The highest BCUT2D eigenvalue weighted by Crippen LogP contribution is 2.30. The van der Waals surface area contributed by atoms with E-state index < -0.39 is 6.09 Å². The highest BCUT2D eigenvalue weighted by atomic mass is 16.4. The third kappa shape index (κ3) is 1.16. The maximum Gasteiger partial charge on any atom is 0.407 e. The van der Waals surface area contributed by atoms with Crippen molar-refractivity contribution < 1.29 is 9.90 Å². The molecule has 2 saturated heterocycles. The van der Waals surface area contributed by atoms with Crippen LogP contribution in [0.2, 0.25) is 0 Å². The van der Waals surface area contributed by atoms with Gasteiger partial charge in [0.25, 0.3) is 0 Å². The van der Waals surface area contributed by atoms with E-state index in [4.69, 9.17) is 5.11 Å². The molecule has 0 aliphatic carbocycles. The molecule has 0 unspecified atom stereocenters. The highest BCUT2D eigenvalue weighted by Gasteiger charge is 2.39. The van der Waals surface area contributed by atoms with Crippen LogP contribution >= 0.6 is 0 Å². The van der Waals surface area contributed by atoms with E-state index in [0.29, 0.717) is 18.6 Å². The monoisotopic (exact) mass is 170 g/mol. The highest BCUT2D eigenvalue weighted by molar-refractivity contribution is 5.65. The van der Waals surface area contributed by atoms with Gasteiger partial charge in [-0.3, -0.25) is 0 Å². The second-order valence-corrected chi connectivity index (χ2v) is 3.73. The van der Waals surface area contributed by atoms with Gasteiger partial charge in [0.2, 0.25) is 0 Å². The average molecular weight is 170 g/mol. The molecule has 2 rings (SSSR count). The largest absolute Gasteiger partial charge is 0.465 e. The summed E-state index contributed by atoms with van der Waals surface area (Å²) < 4.78 is 0. The van der Waals surface area contributed by atoms with Crippen LogP contribution in [0, 0.1) is 0 Å². The summed E-state index contributed by atoms with van der Waals surface area (Å²) in [4.78, 5) is 12.1. The lowest BCUT2D eigenvalue weighted by atomic mass is 9.79. The van der Waals surface area contributed by atoms with Gasteiger partial charge in [-0.05, 0) is 25.8 Å². The first kappa shape index (κ1) is 7.86. The first-order valence-corrected chi connectivity index (χ1v) is 4.45. The van der Waals surface area contributed by atoms with Crippen LogP contribution in [0.4, 0.5) is 4.79 Å². The van der Waals surface area contributed by atoms with E-state index in [1.54, 1.807) is 0 Å². The number of likely N-dealkylation sites (tertiary alicyclic amines) is 1. The van der Waals surface area contributed by atoms with E-state index in [0.717, 1.165) is 19.4 Å². The van der Waals surface area contributed by atoms with E-state index in [2.05, 4.69) is 5.32 Å². The van der Waals surface area contributed by atoms with Crippen LogP contribution in [0.5, 0.6) is 0 Å². The number of hydrogen-bond donors (Lipinski definition) is 2. The minimum absolute atomic E-state index is 0.311. The van der Waals surface area contributed by atoms with Gasteiger partial charge >= 0.3 is 6.09 Å². The van der Waals surface area contributed by atoms with E-state index in [1.807, 2.05) is 0 Å². The Labute approximate surface area is 71.5 Å². The van der Waals surface area contributed by atoms with Gasteiger partial charge < -0.3 is 15.3 Å². The van der Waals surface area contributed by atoms with Crippen LogP contribution < -0.4 is 5.32 Å². The van der Waals surface area contributed by atoms with E-state index in [-0.39, 0.29) is 0 Å². The molecule has 0 radical (unpaired) electrons. The fourth-order valence-corrected chi connectivity index (χ4v) is 2.03. The third-order valence-corrected chi connectivity index (χ3v) is 3.09. The molecule has 12 heavy (non-hydrogen) atoms. The van der Waals surface area contributed by atoms with Crippen molar-refractivity contribution in [3.63, 3.8) is 0 Å². The van der Waals surface area contributed by atoms with Crippen molar-refractivity contribution in [2.45, 2.75) is 24.8 Å². The summed E-state index contributed by atoms with van der Waals surface area (Å²) in [7, 11) is 0. The molecule has 2 aliphatic rings. The lowest BCUT2D eigenvalue weighted by molar-refractivity contribution is 0.0779. The molecule has 4 heteroatoms. The Morgan fingerprint density at radius 1 is 1.33 bits per heavy atom. The molecule has 0 saturated carbocycles. The minimum atomic E-state index is -0.774. The first-order chi connectivity index (χ1) is 5.72. The zero-order valence-corrected chi connectivity index (χ0v) is 7.05. The Morgan fingerprint density at radius 2 is 1.92 bits per heavy atom. The molecule has 2 N–H and O–H groups in total. The SMILES string of the molecule is O=C(O)N1CCC2(CCN2)CC1. The molecule has 0 aromatic carbocycles. The van der Waals surface area contributed by atoms with Gasteiger partial charge in [-0.2, -0.15) is 0 Å². The van der Waals surface area contributed by atoms with Gasteiger partial charge in [0.15, 0.2) is 0 Å². The summed E-state index contributed by atoms with van der Waals surface area (Å²) in [5.74, 6) is 0. The fraction of sp³-hybridized carbons (Fsp3) is 0.875. The summed E-state index contributed by atoms with van der Waals surface area (Å²) in [6, 6.07) is 0. The Morgan fingerprint density at radius 3 is 2.25 bits per heavy atom. The predicted molar refractivity (Wildman–Crippen MR) is 44.2 cm³/mol. The lowest BCUT2D eigenvalue weighted by Gasteiger charge is -2.48. The standard InChI is InChI=1S/C8H14N2O2/c11-7(12)10-5-2-8(3-6-10)1-4-9-8/h9H,1-6H2,(H,11,12). The average Bonchev–Trinajstić information content (AvgIpc) is 2.02. The van der Waals surface area contributed by atoms with Crippen molar-refractivity contribution in [3.8, 4) is 0 Å². The van der Waals surface area contributed by atoms with Crippen molar-refractivity contribution in [3.05, 3.63) is 0 Å². The summed E-state index contributed by atoms with van der Waals surface area (Å²) in [5.41, 5.74) is 0.311. The molecule has 0 aromatic rings. The second kappa shape index (κ2) is 2.62. The molecule has 68 valence electrons. The summed E-state index contributed by atoms with van der Waals surface area (Å²) in [5, 5.41) is 12.1. The molecule has 2 fully saturated rings. The van der Waals surface area contributed by atoms with Crippen LogP contribution in [0.3, 0.4) is 0 Å². The molecule has 2 aliphatic heterocycles. The van der Waals surface area contributed by atoms with Crippen molar-refractivity contribution in [1.82, 2.24) is 10.2 Å². The number of nitrogens with one attached hydrogen (secondary N) is 1. The molecule has 0 aromatic heterocycles. The second-order valence-electron chi connectivity index (χ2n) is 3.73. The Hall–Kier alpha value is -0.770. The fourth-order valence-electron chi connectivity index (χ4n) is 2.03. The van der Waals surface area contributed by atoms with E-state index >= 15 is 0 Å². The van der Waals surface area contributed by atoms with Crippen LogP contribution in [-0.4, -0.2) is 41.3 Å². The quantitative estimate of drug-likeness (QED) is 0.556. The van der Waals surface area contributed by atoms with Crippen LogP contribution in [-0.2, 0) is 0 Å². The van der Waals surface area contributed by atoms with E-state index in [9.17, 15) is 4.79 Å². The number of carboxylic acid groups (broad SMARTS) is 1. The van der Waals surface area contributed by atoms with Crippen molar-refractivity contribution in [1.29, 1.82) is 0 Å². The minimum Gasteiger partial charge on any atom is -0.465 e. The maximum absolute atomic E-state index is 10.6. The Bertz CT molecular complexity index is 191. The summed E-state index contributed by atoms with van der Waals surface area (Å²) in [6.45, 7) is 2.50. The zero-order chi connectivity index (χ0) is 8.60. The number of amides is 1. The molecule has 2 heterocycles. The Balaban J connectivity index is 1.88. The predicted octanol–water partition coefficient (Wildman–Crippen LogP) is 0.492. The maximum atomic E-state index is 10.6. The smallest absolute Gasteiger partial charge is 0.407 e. The topological polar surface area (TPSA) is 52.6 Å². The third-order valence-electron chi connectivity index (χ3n) is 3.09. The molecular weight excluding hydrogens is 156 g/mol. The molecule has 0 bridgehead atoms. The van der Waals surface area contributed by atoms with Crippen LogP contribution in [0.1, 0.15) is 19.3 Å². The molecule has 0 atom stereocenters. The van der Waals surface area contributed by atoms with Gasteiger partial charge in [0, 0.05) is 18.6 Å². The number of nitrogens with zero attached hydrogens (tertiary/aromatic N) is 1. The number of carbonyl (C=O) groups is 1. The number of hydrogen-bond acceptors (Lipinski definition) is 2. The van der Waals surface area contributed by atoms with Gasteiger partial charge in [0.05, 0.1) is 0 Å². The normalized spacial score (nSPS) is 26.8. The summed E-state index contributed by atoms with van der Waals surface area (Å²) in [6.07, 6.45) is 2.42. The molecular formula is C8H14N2O2. The van der Waals surface area contributed by atoms with Crippen LogP contribution in [0.15, 0.2) is 0 Å². The zero-order valence-electron chi connectivity index (χ0n) is 7.05. The van der Waals surface area contributed by atoms with Gasteiger partial charge in [-0.15, -0.1) is 0 Å². The first-order valence-electron chi connectivity index (χ1n) is 4.45. The van der Waals surface area contributed by atoms with E-state index in [1.165, 1.54) is 11.3 Å². The Kier molecular flexibility index (Phi) is 1.72. The lowest BCUT2D eigenvalue weighted by Crippen LogP contribution is -2.62. The van der Waals surface area contributed by atoms with Gasteiger partial charge in [-0.1, -0.05) is 0 Å². The van der Waals surface area contributed by atoms with Crippen LogP contribution in [0.25, 0.3) is 0 Å². The summed E-state index contributed by atoms with van der Waals surface area (Å²) >= 11 is 0. The van der Waals surface area contributed by atoms with Crippen molar-refractivity contribution >= 4 is 6.09 Å². The van der Waals surface area contributed by atoms with Gasteiger partial charge in [0.1, 0.15) is 0 Å². The molecule has 4 nitrogen and oxygen atoms in total. The molecule has 1 spiro atoms. The number of rotatable bonds is 0. The number of piperidine rings is 1. The van der Waals surface area contributed by atoms with Crippen molar-refractivity contribution in [2.24, 2.45) is 0 Å². The van der Waals surface area contributed by atoms with Crippen molar-refractivity contribution in [2.75, 3.05) is 19.6 Å². The molecule has 1 amide bonds. The van der Waals surface area contributed by atoms with Gasteiger partial charge in [-0.25, -0.2) is 4.79 Å².